The number of hydrogen-bond donors (Lipinski definition) is 3. The van der Waals surface area contributed by atoms with E-state index in [9.17, 15) is 4.79 Å². The molecule has 0 spiro atoms. The highest BCUT2D eigenvalue weighted by atomic mass is 16.1. The Morgan fingerprint density at radius 3 is 2.83 bits per heavy atom. The molecule has 0 saturated heterocycles. The lowest BCUT2D eigenvalue weighted by atomic mass is 10.3. The van der Waals surface area contributed by atoms with Gasteiger partial charge in [-0.2, -0.15) is 5.10 Å². The zero-order valence-electron chi connectivity index (χ0n) is 11.0. The molecule has 1 aromatic rings. The minimum absolute atomic E-state index is 0.205. The van der Waals surface area contributed by atoms with E-state index in [0.717, 1.165) is 24.8 Å². The second kappa shape index (κ2) is 5.39. The number of nitrogens with one attached hydrogen (secondary N) is 2. The Balaban J connectivity index is 1.79. The van der Waals surface area contributed by atoms with Crippen molar-refractivity contribution in [2.75, 3.05) is 25.4 Å². The lowest BCUT2D eigenvalue weighted by Crippen LogP contribution is -2.36. The summed E-state index contributed by atoms with van der Waals surface area (Å²) < 4.78 is 0. The molecule has 1 heterocycles. The lowest BCUT2D eigenvalue weighted by molar-refractivity contribution is 0.0944. The first-order valence-corrected chi connectivity index (χ1v) is 6.46. The molecule has 1 saturated carbocycles. The van der Waals surface area contributed by atoms with E-state index in [-0.39, 0.29) is 5.91 Å². The Labute approximate surface area is 107 Å². The Hall–Kier alpha value is -1.56. The fraction of sp³-hybridized carbons (Fsp3) is 0.667. The smallest absolute Gasteiger partial charge is 0.273 e. The van der Waals surface area contributed by atoms with Crippen LogP contribution in [0.3, 0.4) is 0 Å². The molecule has 18 heavy (non-hydrogen) atoms. The topological polar surface area (TPSA) is 87.0 Å². The number of amides is 1. The molecule has 1 amide bonds. The van der Waals surface area contributed by atoms with Gasteiger partial charge in [-0.3, -0.25) is 14.8 Å². The molecule has 0 aromatic carbocycles. The number of aromatic nitrogens is 2. The average molecular weight is 251 g/mol. The summed E-state index contributed by atoms with van der Waals surface area (Å²) in [5.74, 6) is -0.205. The molecule has 0 radical (unpaired) electrons. The summed E-state index contributed by atoms with van der Waals surface area (Å²) in [6, 6.07) is 0.726. The highest BCUT2D eigenvalue weighted by molar-refractivity contribution is 5.97. The first kappa shape index (κ1) is 12.9. The van der Waals surface area contributed by atoms with Gasteiger partial charge in [0.15, 0.2) is 5.69 Å². The van der Waals surface area contributed by atoms with Gasteiger partial charge in [-0.15, -0.1) is 0 Å². The molecule has 6 heteroatoms. The second-order valence-electron chi connectivity index (χ2n) is 4.73. The van der Waals surface area contributed by atoms with Crippen LogP contribution in [0.15, 0.2) is 0 Å². The summed E-state index contributed by atoms with van der Waals surface area (Å²) in [6.45, 7) is 6.50. The van der Waals surface area contributed by atoms with Gasteiger partial charge in [0.05, 0.1) is 11.4 Å². The van der Waals surface area contributed by atoms with Crippen LogP contribution in [0.25, 0.3) is 0 Å². The highest BCUT2D eigenvalue weighted by Gasteiger charge is 2.27. The zero-order valence-corrected chi connectivity index (χ0v) is 11.0. The quantitative estimate of drug-likeness (QED) is 0.687. The van der Waals surface area contributed by atoms with Crippen molar-refractivity contribution in [2.24, 2.45) is 0 Å². The Morgan fingerprint density at radius 1 is 1.61 bits per heavy atom. The average Bonchev–Trinajstić information content (AvgIpc) is 3.13. The van der Waals surface area contributed by atoms with Gasteiger partial charge in [0.2, 0.25) is 0 Å². The van der Waals surface area contributed by atoms with Gasteiger partial charge >= 0.3 is 0 Å². The lowest BCUT2D eigenvalue weighted by Gasteiger charge is -2.19. The van der Waals surface area contributed by atoms with Crippen LogP contribution < -0.4 is 11.1 Å². The molecular formula is C12H21N5O. The number of aryl methyl sites for hydroxylation is 1. The summed E-state index contributed by atoms with van der Waals surface area (Å²) in [5, 5.41) is 9.47. The number of nitrogens with zero attached hydrogens (tertiary/aromatic N) is 2. The number of hydrogen-bond acceptors (Lipinski definition) is 4. The number of anilines is 1. The minimum Gasteiger partial charge on any atom is -0.395 e. The number of carbonyl (C=O) groups is 1. The van der Waals surface area contributed by atoms with Crippen LogP contribution in [0.1, 0.15) is 35.9 Å². The van der Waals surface area contributed by atoms with Crippen LogP contribution >= 0.6 is 0 Å². The van der Waals surface area contributed by atoms with E-state index in [2.05, 4.69) is 27.3 Å². The van der Waals surface area contributed by atoms with Gasteiger partial charge in [0.25, 0.3) is 5.91 Å². The van der Waals surface area contributed by atoms with Gasteiger partial charge in [-0.1, -0.05) is 6.92 Å². The van der Waals surface area contributed by atoms with Gasteiger partial charge in [-0.25, -0.2) is 0 Å². The van der Waals surface area contributed by atoms with Crippen molar-refractivity contribution in [1.82, 2.24) is 20.4 Å². The van der Waals surface area contributed by atoms with Crippen LogP contribution in [-0.4, -0.2) is 46.7 Å². The minimum atomic E-state index is -0.205. The van der Waals surface area contributed by atoms with E-state index < -0.39 is 0 Å². The van der Waals surface area contributed by atoms with Crippen molar-refractivity contribution in [1.29, 1.82) is 0 Å². The van der Waals surface area contributed by atoms with Gasteiger partial charge < -0.3 is 11.1 Å². The normalized spacial score (nSPS) is 15.1. The van der Waals surface area contributed by atoms with E-state index in [0.29, 0.717) is 17.9 Å². The number of nitrogen functional groups attached to an aromatic ring is 1. The van der Waals surface area contributed by atoms with Crippen molar-refractivity contribution in [3.8, 4) is 0 Å². The first-order valence-electron chi connectivity index (χ1n) is 6.46. The molecule has 0 unspecified atom stereocenters. The highest BCUT2D eigenvalue weighted by Crippen LogP contribution is 2.25. The van der Waals surface area contributed by atoms with E-state index >= 15 is 0 Å². The molecule has 1 aromatic heterocycles. The summed E-state index contributed by atoms with van der Waals surface area (Å²) >= 11 is 0. The summed E-state index contributed by atoms with van der Waals surface area (Å²) in [6.07, 6.45) is 2.57. The molecular weight excluding hydrogens is 230 g/mol. The van der Waals surface area contributed by atoms with E-state index in [1.54, 1.807) is 6.92 Å². The molecule has 4 N–H and O–H groups in total. The summed E-state index contributed by atoms with van der Waals surface area (Å²) in [5.41, 5.74) is 7.21. The third-order valence-electron chi connectivity index (χ3n) is 3.36. The predicted molar refractivity (Wildman–Crippen MR) is 70.3 cm³/mol. The van der Waals surface area contributed by atoms with Crippen LogP contribution in [0.4, 0.5) is 5.69 Å². The molecule has 1 fully saturated rings. The van der Waals surface area contributed by atoms with E-state index in [1.807, 2.05) is 0 Å². The molecule has 1 aliphatic rings. The molecule has 100 valence electrons. The van der Waals surface area contributed by atoms with Crippen LogP contribution in [0.5, 0.6) is 0 Å². The number of rotatable bonds is 6. The number of nitrogens with two attached hydrogens (primary N) is 1. The van der Waals surface area contributed by atoms with Gasteiger partial charge in [-0.05, 0) is 26.3 Å². The number of likely N-dealkylation sites (N-methyl/N-ethyl adjacent to an activating group) is 1. The summed E-state index contributed by atoms with van der Waals surface area (Å²) in [4.78, 5) is 14.2. The van der Waals surface area contributed by atoms with Gasteiger partial charge in [0.1, 0.15) is 0 Å². The molecule has 6 nitrogen and oxygen atoms in total. The predicted octanol–water partition coefficient (Wildman–Crippen LogP) is 0.514. The van der Waals surface area contributed by atoms with Crippen molar-refractivity contribution >= 4 is 11.6 Å². The van der Waals surface area contributed by atoms with E-state index in [4.69, 9.17) is 5.73 Å². The standard InChI is InChI=1S/C12H21N5O/c1-3-17(9-4-5-9)7-6-14-12(18)11-10(13)8(2)15-16-11/h9H,3-7,13H2,1-2H3,(H,14,18)(H,15,16). The fourth-order valence-corrected chi connectivity index (χ4v) is 2.05. The van der Waals surface area contributed by atoms with E-state index in [1.165, 1.54) is 12.8 Å². The first-order chi connectivity index (χ1) is 8.63. The third kappa shape index (κ3) is 2.81. The van der Waals surface area contributed by atoms with Crippen molar-refractivity contribution in [3.63, 3.8) is 0 Å². The number of H-pyrrole nitrogens is 1. The number of carbonyl (C=O) groups excluding carboxylic acids is 1. The zero-order chi connectivity index (χ0) is 13.1. The fourth-order valence-electron chi connectivity index (χ4n) is 2.05. The third-order valence-corrected chi connectivity index (χ3v) is 3.36. The van der Waals surface area contributed by atoms with Crippen LogP contribution in [-0.2, 0) is 0 Å². The Kier molecular flexibility index (Phi) is 3.86. The molecule has 0 atom stereocenters. The van der Waals surface area contributed by atoms with Crippen molar-refractivity contribution in [3.05, 3.63) is 11.4 Å². The Bertz CT molecular complexity index is 424. The van der Waals surface area contributed by atoms with Crippen molar-refractivity contribution in [2.45, 2.75) is 32.7 Å². The molecule has 1 aliphatic carbocycles. The SMILES string of the molecule is CCN(CCNC(=O)c1n[nH]c(C)c1N)C1CC1. The maximum Gasteiger partial charge on any atom is 0.273 e. The second-order valence-corrected chi connectivity index (χ2v) is 4.73. The molecule has 0 aliphatic heterocycles. The maximum atomic E-state index is 11.8. The van der Waals surface area contributed by atoms with Crippen LogP contribution in [0.2, 0.25) is 0 Å². The van der Waals surface area contributed by atoms with Crippen LogP contribution in [0, 0.1) is 6.92 Å². The summed E-state index contributed by atoms with van der Waals surface area (Å²) in [7, 11) is 0. The maximum absolute atomic E-state index is 11.8. The molecule has 2 rings (SSSR count). The van der Waals surface area contributed by atoms with Crippen molar-refractivity contribution < 1.29 is 4.79 Å². The monoisotopic (exact) mass is 251 g/mol. The Morgan fingerprint density at radius 2 is 2.33 bits per heavy atom. The molecule has 0 bridgehead atoms. The largest absolute Gasteiger partial charge is 0.395 e. The number of aromatic amines is 1. The van der Waals surface area contributed by atoms with Gasteiger partial charge in [0, 0.05) is 19.1 Å².